The Kier molecular flexibility index (Phi) is 5.34. The lowest BCUT2D eigenvalue weighted by Gasteiger charge is -2.45. The van der Waals surface area contributed by atoms with Crippen LogP contribution in [0.4, 0.5) is 9.18 Å². The zero-order valence-electron chi connectivity index (χ0n) is 17.0. The van der Waals surface area contributed by atoms with Crippen LogP contribution in [-0.2, 0) is 11.2 Å². The lowest BCUT2D eigenvalue weighted by Crippen LogP contribution is -2.53. The van der Waals surface area contributed by atoms with Gasteiger partial charge in [-0.15, -0.1) is 0 Å². The Hall–Kier alpha value is -2.60. The Morgan fingerprint density at radius 2 is 1.80 bits per heavy atom. The van der Waals surface area contributed by atoms with Gasteiger partial charge in [-0.2, -0.15) is 0 Å². The predicted octanol–water partition coefficient (Wildman–Crippen LogP) is 4.03. The van der Waals surface area contributed by atoms with E-state index < -0.39 is 0 Å². The number of amides is 1. The minimum atomic E-state index is -0.298. The maximum absolute atomic E-state index is 13.2. The zero-order chi connectivity index (χ0) is 20.5. The first kappa shape index (κ1) is 19.4. The summed E-state index contributed by atoms with van der Waals surface area (Å²) in [5, 5.41) is 0. The molecule has 4 aliphatic rings. The Morgan fingerprint density at radius 3 is 2.53 bits per heavy atom. The number of benzene rings is 2. The van der Waals surface area contributed by atoms with Gasteiger partial charge in [0.25, 0.3) is 0 Å². The molecule has 0 unspecified atom stereocenters. The molecule has 0 aliphatic carbocycles. The average Bonchev–Trinajstić information content (AvgIpc) is 2.79. The maximum Gasteiger partial charge on any atom is 0.410 e. The van der Waals surface area contributed by atoms with Crippen molar-refractivity contribution in [3.8, 4) is 5.75 Å². The number of rotatable bonds is 4. The highest BCUT2D eigenvalue weighted by Crippen LogP contribution is 2.34. The van der Waals surface area contributed by atoms with E-state index in [9.17, 15) is 9.18 Å². The molecule has 6 rings (SSSR count). The van der Waals surface area contributed by atoms with Crippen molar-refractivity contribution in [2.75, 3.05) is 32.8 Å². The average molecular weight is 410 g/mol. The van der Waals surface area contributed by atoms with Gasteiger partial charge in [0.15, 0.2) is 0 Å². The third kappa shape index (κ3) is 3.88. The van der Waals surface area contributed by atoms with Crippen molar-refractivity contribution < 1.29 is 18.7 Å². The molecule has 0 radical (unpaired) electrons. The van der Waals surface area contributed by atoms with E-state index in [0.717, 1.165) is 44.5 Å². The predicted molar refractivity (Wildman–Crippen MR) is 111 cm³/mol. The summed E-state index contributed by atoms with van der Waals surface area (Å²) in [5.74, 6) is 0.767. The van der Waals surface area contributed by atoms with Gasteiger partial charge in [-0.05, 0) is 73.7 Å². The van der Waals surface area contributed by atoms with Gasteiger partial charge in [0.05, 0.1) is 6.04 Å². The number of hydrogen-bond donors (Lipinski definition) is 0. The second-order valence-corrected chi connectivity index (χ2v) is 8.48. The van der Waals surface area contributed by atoms with Gasteiger partial charge in [0.2, 0.25) is 0 Å². The number of carbonyl (C=O) groups is 1. The molecule has 5 nitrogen and oxygen atoms in total. The van der Waals surface area contributed by atoms with Gasteiger partial charge in [0, 0.05) is 13.1 Å². The summed E-state index contributed by atoms with van der Waals surface area (Å²) in [7, 11) is 0. The van der Waals surface area contributed by atoms with Crippen molar-refractivity contribution in [2.45, 2.75) is 31.4 Å². The van der Waals surface area contributed by atoms with Gasteiger partial charge in [-0.25, -0.2) is 9.18 Å². The number of halogens is 1. The van der Waals surface area contributed by atoms with Crippen LogP contribution in [0.1, 0.15) is 30.0 Å². The van der Waals surface area contributed by atoms with Crippen molar-refractivity contribution in [2.24, 2.45) is 5.92 Å². The molecule has 2 aromatic carbocycles. The van der Waals surface area contributed by atoms with Crippen molar-refractivity contribution in [1.82, 2.24) is 9.80 Å². The molecule has 4 aliphatic heterocycles. The van der Waals surface area contributed by atoms with E-state index in [4.69, 9.17) is 9.47 Å². The molecule has 0 saturated carbocycles. The molecule has 3 fully saturated rings. The van der Waals surface area contributed by atoms with Crippen molar-refractivity contribution in [3.05, 3.63) is 65.5 Å². The van der Waals surface area contributed by atoms with Crippen LogP contribution in [-0.4, -0.2) is 54.8 Å². The third-order valence-electron chi connectivity index (χ3n) is 6.72. The van der Waals surface area contributed by atoms with Gasteiger partial charge in [-0.1, -0.05) is 24.3 Å². The largest absolute Gasteiger partial charge is 0.491 e. The standard InChI is InChI=1S/C24H27FN2O3/c25-19-5-7-20(8-6-19)29-16-22-21-4-2-1-3-17(21)11-14-27(22)24(28)30-23-15-26-12-9-18(23)10-13-26/h1-8,18,22-23H,9-16H2/t22-,23+/m0/s1. The monoisotopic (exact) mass is 410 g/mol. The number of nitrogens with zero attached hydrogens (tertiary/aromatic N) is 2. The summed E-state index contributed by atoms with van der Waals surface area (Å²) in [6.45, 7) is 3.98. The topological polar surface area (TPSA) is 42.0 Å². The number of carbonyl (C=O) groups excluding carboxylic acids is 1. The quantitative estimate of drug-likeness (QED) is 0.763. The molecule has 2 atom stereocenters. The Labute approximate surface area is 176 Å². The third-order valence-corrected chi connectivity index (χ3v) is 6.72. The summed E-state index contributed by atoms with van der Waals surface area (Å²) in [4.78, 5) is 17.4. The fourth-order valence-electron chi connectivity index (χ4n) is 5.00. The highest BCUT2D eigenvalue weighted by atomic mass is 19.1. The molecule has 0 spiro atoms. The SMILES string of the molecule is O=C(O[C@@H]1CN2CCC1CC2)N1CCc2ccccc2[C@@H]1COc1ccc(F)cc1. The molecule has 6 heteroatoms. The molecular formula is C24H27FN2O3. The fourth-order valence-corrected chi connectivity index (χ4v) is 5.00. The van der Waals surface area contributed by atoms with Gasteiger partial charge < -0.3 is 9.47 Å². The minimum Gasteiger partial charge on any atom is -0.491 e. The van der Waals surface area contributed by atoms with E-state index in [1.165, 1.54) is 17.7 Å². The van der Waals surface area contributed by atoms with E-state index in [1.807, 2.05) is 17.0 Å². The number of hydrogen-bond acceptors (Lipinski definition) is 4. The molecule has 4 heterocycles. The summed E-state index contributed by atoms with van der Waals surface area (Å²) in [5.41, 5.74) is 2.33. The Morgan fingerprint density at radius 1 is 1.03 bits per heavy atom. The molecule has 3 saturated heterocycles. The van der Waals surface area contributed by atoms with Crippen LogP contribution in [0.15, 0.2) is 48.5 Å². The molecule has 2 bridgehead atoms. The molecule has 30 heavy (non-hydrogen) atoms. The number of piperidine rings is 3. The van der Waals surface area contributed by atoms with Crippen LogP contribution < -0.4 is 4.74 Å². The lowest BCUT2D eigenvalue weighted by atomic mass is 9.86. The Bertz CT molecular complexity index is 896. The summed E-state index contributed by atoms with van der Waals surface area (Å²) >= 11 is 0. The smallest absolute Gasteiger partial charge is 0.410 e. The summed E-state index contributed by atoms with van der Waals surface area (Å²) in [6, 6.07) is 13.9. The zero-order valence-corrected chi connectivity index (χ0v) is 17.0. The fraction of sp³-hybridized carbons (Fsp3) is 0.458. The molecular weight excluding hydrogens is 383 g/mol. The van der Waals surface area contributed by atoms with Crippen LogP contribution in [0.5, 0.6) is 5.75 Å². The van der Waals surface area contributed by atoms with Gasteiger partial charge in [-0.3, -0.25) is 9.80 Å². The number of fused-ring (bicyclic) bond motifs is 4. The molecule has 2 aromatic rings. The second-order valence-electron chi connectivity index (χ2n) is 8.48. The first-order valence-electron chi connectivity index (χ1n) is 10.8. The van der Waals surface area contributed by atoms with E-state index in [2.05, 4.69) is 17.0 Å². The molecule has 0 N–H and O–H groups in total. The highest BCUT2D eigenvalue weighted by molar-refractivity contribution is 5.69. The Balaban J connectivity index is 1.33. The van der Waals surface area contributed by atoms with Gasteiger partial charge >= 0.3 is 6.09 Å². The van der Waals surface area contributed by atoms with E-state index in [1.54, 1.807) is 12.1 Å². The van der Waals surface area contributed by atoms with E-state index >= 15 is 0 Å². The number of ether oxygens (including phenoxy) is 2. The van der Waals surface area contributed by atoms with Crippen LogP contribution in [0.3, 0.4) is 0 Å². The van der Waals surface area contributed by atoms with Crippen molar-refractivity contribution in [1.29, 1.82) is 0 Å². The molecule has 1 amide bonds. The lowest BCUT2D eigenvalue weighted by molar-refractivity contribution is -0.0491. The minimum absolute atomic E-state index is 0.0177. The first-order chi connectivity index (χ1) is 14.7. The van der Waals surface area contributed by atoms with E-state index in [-0.39, 0.29) is 24.1 Å². The van der Waals surface area contributed by atoms with Crippen molar-refractivity contribution >= 4 is 6.09 Å². The highest BCUT2D eigenvalue weighted by Gasteiger charge is 2.39. The maximum atomic E-state index is 13.2. The summed E-state index contributed by atoms with van der Waals surface area (Å²) < 4.78 is 25.2. The first-order valence-corrected chi connectivity index (χ1v) is 10.8. The molecule has 0 aromatic heterocycles. The molecule has 158 valence electrons. The normalized spacial score (nSPS) is 27.4. The second kappa shape index (κ2) is 8.26. The van der Waals surface area contributed by atoms with Crippen LogP contribution >= 0.6 is 0 Å². The van der Waals surface area contributed by atoms with Crippen molar-refractivity contribution in [3.63, 3.8) is 0 Å². The van der Waals surface area contributed by atoms with Crippen LogP contribution in [0.2, 0.25) is 0 Å². The van der Waals surface area contributed by atoms with Crippen LogP contribution in [0.25, 0.3) is 0 Å². The van der Waals surface area contributed by atoms with E-state index in [0.29, 0.717) is 24.8 Å². The summed E-state index contributed by atoms with van der Waals surface area (Å²) in [6.07, 6.45) is 2.75. The van der Waals surface area contributed by atoms with Crippen LogP contribution in [0, 0.1) is 11.7 Å². The van der Waals surface area contributed by atoms with Gasteiger partial charge in [0.1, 0.15) is 24.3 Å².